The van der Waals surface area contributed by atoms with Crippen molar-refractivity contribution in [3.63, 3.8) is 0 Å². The number of hydrogen-bond donors (Lipinski definition) is 0. The van der Waals surface area contributed by atoms with E-state index in [2.05, 4.69) is 6.92 Å². The molecular weight excluding hydrogens is 508 g/mol. The Morgan fingerprint density at radius 1 is 0.692 bits per heavy atom. The minimum Gasteiger partial charge on any atom is -0.461 e. The lowest BCUT2D eigenvalue weighted by atomic mass is 10.0. The molecule has 0 amide bonds. The van der Waals surface area contributed by atoms with E-state index in [0.717, 1.165) is 24.0 Å². The maximum Gasteiger partial charge on any atom is 0.338 e. The molecule has 0 saturated carbocycles. The summed E-state index contributed by atoms with van der Waals surface area (Å²) in [6, 6.07) is 14.7. The number of rotatable bonds is 20. The van der Waals surface area contributed by atoms with Crippen LogP contribution in [0.15, 0.2) is 48.5 Å². The quantitative estimate of drug-likeness (QED) is 0.0704. The molecule has 39 heavy (non-hydrogen) atoms. The third-order valence-corrected chi connectivity index (χ3v) is 7.75. The van der Waals surface area contributed by atoms with E-state index in [1.165, 1.54) is 70.6 Å². The highest BCUT2D eigenvalue weighted by molar-refractivity contribution is 6.21. The van der Waals surface area contributed by atoms with Gasteiger partial charge in [0.15, 0.2) is 0 Å². The molecule has 5 heteroatoms. The van der Waals surface area contributed by atoms with Gasteiger partial charge >= 0.3 is 11.9 Å². The number of halogens is 1. The van der Waals surface area contributed by atoms with Crippen molar-refractivity contribution in [1.29, 1.82) is 0 Å². The molecule has 0 heterocycles. The Hall–Kier alpha value is -2.33. The van der Waals surface area contributed by atoms with Crippen LogP contribution in [0.2, 0.25) is 0 Å². The molecule has 0 aliphatic rings. The van der Waals surface area contributed by atoms with Crippen LogP contribution in [0.25, 0.3) is 11.1 Å². The van der Waals surface area contributed by atoms with Gasteiger partial charge < -0.3 is 9.47 Å². The predicted octanol–water partition coefficient (Wildman–Crippen LogP) is 10.2. The number of alkyl halides is 1. The van der Waals surface area contributed by atoms with E-state index in [0.29, 0.717) is 17.7 Å². The minimum atomic E-state index is -0.376. The molecule has 2 rings (SSSR count). The highest BCUT2D eigenvalue weighted by Crippen LogP contribution is 2.24. The topological polar surface area (TPSA) is 52.6 Å². The zero-order chi connectivity index (χ0) is 28.3. The SMILES string of the molecule is CCCCCCCCCCCCCCCC(=O)Oc1ccc(-c2ccc(C(=O)OCC(Cl)C(C)C)cc2)cc1. The van der Waals surface area contributed by atoms with E-state index in [1.54, 1.807) is 12.1 Å². The lowest BCUT2D eigenvalue weighted by Gasteiger charge is -2.13. The summed E-state index contributed by atoms with van der Waals surface area (Å²) in [4.78, 5) is 24.5. The molecule has 0 aliphatic carbocycles. The second-order valence-corrected chi connectivity index (χ2v) is 11.5. The zero-order valence-corrected chi connectivity index (χ0v) is 25.1. The number of carbonyl (C=O) groups excluding carboxylic acids is 2. The van der Waals surface area contributed by atoms with Gasteiger partial charge in [-0.05, 0) is 47.7 Å². The van der Waals surface area contributed by atoms with E-state index in [9.17, 15) is 9.59 Å². The van der Waals surface area contributed by atoms with Gasteiger partial charge in [-0.2, -0.15) is 0 Å². The van der Waals surface area contributed by atoms with Crippen molar-refractivity contribution in [3.8, 4) is 16.9 Å². The van der Waals surface area contributed by atoms with Crippen LogP contribution in [0, 0.1) is 5.92 Å². The number of benzene rings is 2. The maximum absolute atomic E-state index is 12.2. The molecule has 0 bridgehead atoms. The molecule has 216 valence electrons. The highest BCUT2D eigenvalue weighted by Gasteiger charge is 2.14. The first-order valence-electron chi connectivity index (χ1n) is 15.1. The van der Waals surface area contributed by atoms with Gasteiger partial charge in [0.2, 0.25) is 0 Å². The average Bonchev–Trinajstić information content (AvgIpc) is 2.94. The van der Waals surface area contributed by atoms with E-state index in [1.807, 2.05) is 50.2 Å². The second kappa shape index (κ2) is 19.7. The molecule has 0 radical (unpaired) electrons. The maximum atomic E-state index is 12.2. The summed E-state index contributed by atoms with van der Waals surface area (Å²) in [6.07, 6.45) is 17.2. The lowest BCUT2D eigenvalue weighted by molar-refractivity contribution is -0.134. The molecular formula is C34H49ClO4. The Kier molecular flexibility index (Phi) is 16.6. The fraction of sp³-hybridized carbons (Fsp3) is 0.588. The van der Waals surface area contributed by atoms with Gasteiger partial charge in [-0.3, -0.25) is 4.79 Å². The van der Waals surface area contributed by atoms with Crippen LogP contribution in [0.5, 0.6) is 5.75 Å². The molecule has 0 aromatic heterocycles. The third kappa shape index (κ3) is 14.0. The van der Waals surface area contributed by atoms with Crippen LogP contribution >= 0.6 is 11.6 Å². The monoisotopic (exact) mass is 556 g/mol. The molecule has 2 aromatic rings. The fourth-order valence-corrected chi connectivity index (χ4v) is 4.48. The number of ether oxygens (including phenoxy) is 2. The van der Waals surface area contributed by atoms with Gasteiger partial charge in [0, 0.05) is 6.42 Å². The molecule has 0 aliphatic heterocycles. The second-order valence-electron chi connectivity index (χ2n) is 10.9. The zero-order valence-electron chi connectivity index (χ0n) is 24.4. The fourth-order valence-electron chi connectivity index (χ4n) is 4.41. The van der Waals surface area contributed by atoms with Gasteiger partial charge in [0.25, 0.3) is 0 Å². The Labute approximate surface area is 241 Å². The van der Waals surface area contributed by atoms with Crippen molar-refractivity contribution in [3.05, 3.63) is 54.1 Å². The van der Waals surface area contributed by atoms with Crippen molar-refractivity contribution in [1.82, 2.24) is 0 Å². The first kappa shape index (κ1) is 32.9. The first-order chi connectivity index (χ1) is 18.9. The minimum absolute atomic E-state index is 0.176. The smallest absolute Gasteiger partial charge is 0.338 e. The Morgan fingerprint density at radius 2 is 1.15 bits per heavy atom. The van der Waals surface area contributed by atoms with Crippen molar-refractivity contribution in [2.45, 2.75) is 116 Å². The molecule has 1 atom stereocenters. The highest BCUT2D eigenvalue weighted by atomic mass is 35.5. The number of hydrogen-bond acceptors (Lipinski definition) is 4. The van der Waals surface area contributed by atoms with Gasteiger partial charge in [0.05, 0.1) is 10.9 Å². The summed E-state index contributed by atoms with van der Waals surface area (Å²) in [5.41, 5.74) is 2.44. The van der Waals surface area contributed by atoms with Crippen LogP contribution in [0.1, 0.15) is 121 Å². The lowest BCUT2D eigenvalue weighted by Crippen LogP contribution is -2.18. The van der Waals surface area contributed by atoms with Crippen LogP contribution < -0.4 is 4.74 Å². The summed E-state index contributed by atoms with van der Waals surface area (Å²) in [5.74, 6) is 0.242. The summed E-state index contributed by atoms with van der Waals surface area (Å²) in [5, 5.41) is -0.199. The molecule has 0 N–H and O–H groups in total. The molecule has 2 aromatic carbocycles. The van der Waals surface area contributed by atoms with Gasteiger partial charge in [-0.1, -0.05) is 122 Å². The molecule has 0 spiro atoms. The summed E-state index contributed by atoms with van der Waals surface area (Å²) < 4.78 is 10.8. The van der Waals surface area contributed by atoms with Gasteiger partial charge in [0.1, 0.15) is 12.4 Å². The van der Waals surface area contributed by atoms with Crippen LogP contribution in [-0.4, -0.2) is 23.9 Å². The molecule has 0 saturated heterocycles. The van der Waals surface area contributed by atoms with Gasteiger partial charge in [-0.25, -0.2) is 4.79 Å². The number of unbranched alkanes of at least 4 members (excludes halogenated alkanes) is 12. The van der Waals surface area contributed by atoms with Crippen molar-refractivity contribution in [2.75, 3.05) is 6.61 Å². The van der Waals surface area contributed by atoms with Crippen molar-refractivity contribution < 1.29 is 19.1 Å². The number of carbonyl (C=O) groups is 2. The first-order valence-corrected chi connectivity index (χ1v) is 15.6. The van der Waals surface area contributed by atoms with E-state index >= 15 is 0 Å². The van der Waals surface area contributed by atoms with Crippen LogP contribution in [-0.2, 0) is 9.53 Å². The third-order valence-electron chi connectivity index (χ3n) is 7.12. The normalized spacial score (nSPS) is 11.9. The molecule has 1 unspecified atom stereocenters. The Morgan fingerprint density at radius 3 is 1.64 bits per heavy atom. The Bertz CT molecular complexity index is 937. The summed E-state index contributed by atoms with van der Waals surface area (Å²) >= 11 is 6.16. The summed E-state index contributed by atoms with van der Waals surface area (Å²) in [6.45, 7) is 6.44. The van der Waals surface area contributed by atoms with E-state index < -0.39 is 0 Å². The standard InChI is InChI=1S/C34H49ClO4/c1-4-5-6-7-8-9-10-11-12-13-14-15-16-17-33(36)39-31-24-22-29(23-25-31)28-18-20-30(21-19-28)34(37)38-26-32(35)27(2)3/h18-25,27,32H,4-17,26H2,1-3H3. The Balaban J connectivity index is 1.60. The predicted molar refractivity (Wildman–Crippen MR) is 163 cm³/mol. The van der Waals surface area contributed by atoms with Crippen molar-refractivity contribution in [2.24, 2.45) is 5.92 Å². The number of esters is 2. The van der Waals surface area contributed by atoms with Crippen LogP contribution in [0.3, 0.4) is 0 Å². The molecule has 4 nitrogen and oxygen atoms in total. The molecule has 0 fully saturated rings. The van der Waals surface area contributed by atoms with Gasteiger partial charge in [-0.15, -0.1) is 11.6 Å². The van der Waals surface area contributed by atoms with E-state index in [4.69, 9.17) is 21.1 Å². The summed E-state index contributed by atoms with van der Waals surface area (Å²) in [7, 11) is 0. The van der Waals surface area contributed by atoms with Crippen LogP contribution in [0.4, 0.5) is 0 Å². The van der Waals surface area contributed by atoms with E-state index in [-0.39, 0.29) is 29.8 Å². The largest absolute Gasteiger partial charge is 0.461 e. The average molecular weight is 557 g/mol. The van der Waals surface area contributed by atoms with Crippen molar-refractivity contribution >= 4 is 23.5 Å².